The lowest BCUT2D eigenvalue weighted by atomic mass is 9.64. The Balaban J connectivity index is 3.35. The highest BCUT2D eigenvalue weighted by atomic mass is 31.2. The fourth-order valence-corrected chi connectivity index (χ4v) is 10.7. The first-order chi connectivity index (χ1) is 21.5. The molecular formula is C45H77NOP2. The smallest absolute Gasteiger partial charge is 0.139 e. The summed E-state index contributed by atoms with van der Waals surface area (Å²) < 4.78 is 18.7. The minimum absolute atomic E-state index is 0.0122. The van der Waals surface area contributed by atoms with Crippen LogP contribution in [0, 0.1) is 22.2 Å². The molecule has 0 heterocycles. The molecule has 278 valence electrons. The molecule has 0 radical (unpaired) electrons. The summed E-state index contributed by atoms with van der Waals surface area (Å²) in [5.74, 6) is 2.42. The highest BCUT2D eigenvalue weighted by Crippen LogP contribution is 2.59. The van der Waals surface area contributed by atoms with E-state index in [1.54, 1.807) is 0 Å². The van der Waals surface area contributed by atoms with Crippen LogP contribution in [0.1, 0.15) is 175 Å². The molecule has 1 aliphatic rings. The molecule has 0 saturated carbocycles. The van der Waals surface area contributed by atoms with E-state index in [2.05, 4.69) is 194 Å². The van der Waals surface area contributed by atoms with Crippen LogP contribution in [0.25, 0.3) is 0 Å². The Hall–Kier alpha value is -1.20. The number of hydrogen-bond donors (Lipinski definition) is 0. The second-order valence-electron chi connectivity index (χ2n) is 21.8. The standard InChI is InChI=1S/C45H77NOP2/c1-29(2)46(30(3)4)48-39(38-36(44(17,18)19)26-32(41(8,9)10)27-37(38)45(20,21)22)49(23,47)28-33-34(42(11,12)13)24-31(40(5,6)7)25-35(33)43(14,15)16/h24-30,34H,1-23H3/b33-28+. The van der Waals surface area contributed by atoms with Gasteiger partial charge in [-0.25, -0.2) is 0 Å². The van der Waals surface area contributed by atoms with Gasteiger partial charge in [0.05, 0.1) is 5.03 Å². The van der Waals surface area contributed by atoms with Gasteiger partial charge in [0.1, 0.15) is 7.14 Å². The number of benzene rings is 1. The topological polar surface area (TPSA) is 20.3 Å². The third-order valence-corrected chi connectivity index (χ3v) is 14.7. The number of rotatable bonds is 6. The van der Waals surface area contributed by atoms with Crippen molar-refractivity contribution in [1.82, 2.24) is 4.67 Å². The molecular weight excluding hydrogens is 632 g/mol. The Labute approximate surface area is 307 Å². The van der Waals surface area contributed by atoms with Gasteiger partial charge in [-0.2, -0.15) is 0 Å². The van der Waals surface area contributed by atoms with E-state index in [1.165, 1.54) is 39.0 Å². The third kappa shape index (κ3) is 10.7. The maximum Gasteiger partial charge on any atom is 0.139 e. The van der Waals surface area contributed by atoms with Crippen molar-refractivity contribution in [3.05, 3.63) is 69.1 Å². The molecule has 0 amide bonds. The molecule has 2 atom stereocenters. The summed E-state index contributed by atoms with van der Waals surface area (Å²) in [5.41, 5.74) is 8.66. The van der Waals surface area contributed by atoms with Gasteiger partial charge in [-0.1, -0.05) is 149 Å². The normalized spacial score (nSPS) is 19.9. The van der Waals surface area contributed by atoms with Crippen LogP contribution in [0.3, 0.4) is 0 Å². The summed E-state index contributed by atoms with van der Waals surface area (Å²) >= 11 is 0. The first-order valence-corrected chi connectivity index (χ1v) is 21.9. The van der Waals surface area contributed by atoms with E-state index in [0.29, 0.717) is 12.1 Å². The quantitative estimate of drug-likeness (QED) is 0.274. The van der Waals surface area contributed by atoms with Gasteiger partial charge < -0.3 is 4.57 Å². The largest absolute Gasteiger partial charge is 0.314 e. The van der Waals surface area contributed by atoms with Gasteiger partial charge in [0.15, 0.2) is 0 Å². The summed E-state index contributed by atoms with van der Waals surface area (Å²) in [4.78, 5) is 0. The Bertz CT molecular complexity index is 1490. The van der Waals surface area contributed by atoms with Crippen LogP contribution in [-0.4, -0.2) is 28.5 Å². The summed E-state index contributed by atoms with van der Waals surface area (Å²) in [6.45, 7) is 53.0. The molecule has 0 aromatic heterocycles. The first kappa shape index (κ1) is 44.0. The zero-order chi connectivity index (χ0) is 38.7. The molecule has 0 saturated heterocycles. The van der Waals surface area contributed by atoms with Gasteiger partial charge in [0.2, 0.25) is 0 Å². The van der Waals surface area contributed by atoms with E-state index in [0.717, 1.165) is 13.4 Å². The van der Waals surface area contributed by atoms with Gasteiger partial charge in [0, 0.05) is 18.0 Å². The molecule has 2 rings (SSSR count). The Morgan fingerprint density at radius 3 is 1.43 bits per heavy atom. The highest BCUT2D eigenvalue weighted by molar-refractivity contribution is 7.91. The fraction of sp³-hybridized carbons (Fsp3) is 0.711. The predicted molar refractivity (Wildman–Crippen MR) is 225 cm³/mol. The number of nitrogens with zero attached hydrogens (tertiary/aromatic N) is 1. The summed E-state index contributed by atoms with van der Waals surface area (Å²) in [6.07, 6.45) is 4.92. The zero-order valence-corrected chi connectivity index (χ0v) is 38.2. The van der Waals surface area contributed by atoms with Crippen LogP contribution in [0.4, 0.5) is 0 Å². The van der Waals surface area contributed by atoms with Crippen LogP contribution >= 0.6 is 15.5 Å². The molecule has 0 spiro atoms. The molecule has 1 aromatic rings. The van der Waals surface area contributed by atoms with Crippen molar-refractivity contribution in [3.63, 3.8) is 0 Å². The first-order valence-electron chi connectivity index (χ1n) is 18.8. The van der Waals surface area contributed by atoms with E-state index in [4.69, 9.17) is 0 Å². The van der Waals surface area contributed by atoms with Crippen LogP contribution in [0.15, 0.2) is 46.8 Å². The Morgan fingerprint density at radius 1 is 0.694 bits per heavy atom. The molecule has 0 bridgehead atoms. The van der Waals surface area contributed by atoms with E-state index < -0.39 is 7.14 Å². The fourth-order valence-electron chi connectivity index (χ4n) is 6.83. The van der Waals surface area contributed by atoms with Crippen molar-refractivity contribution in [2.45, 2.75) is 181 Å². The van der Waals surface area contributed by atoms with Crippen molar-refractivity contribution in [2.24, 2.45) is 22.2 Å². The van der Waals surface area contributed by atoms with Crippen molar-refractivity contribution >= 4 is 20.5 Å². The van der Waals surface area contributed by atoms with Crippen LogP contribution < -0.4 is 0 Å². The van der Waals surface area contributed by atoms with Gasteiger partial charge in [-0.05, 0) is 120 Å². The maximum atomic E-state index is 16.2. The van der Waals surface area contributed by atoms with Gasteiger partial charge in [0.25, 0.3) is 0 Å². The lowest BCUT2D eigenvalue weighted by molar-refractivity contribution is 0.317. The van der Waals surface area contributed by atoms with E-state index in [9.17, 15) is 0 Å². The van der Waals surface area contributed by atoms with E-state index in [-0.39, 0.29) is 38.4 Å². The van der Waals surface area contributed by atoms with Gasteiger partial charge >= 0.3 is 0 Å². The molecule has 0 N–H and O–H groups in total. The van der Waals surface area contributed by atoms with E-state index in [1.807, 2.05) is 0 Å². The summed E-state index contributed by atoms with van der Waals surface area (Å²) in [5, 5.41) is 1.07. The van der Waals surface area contributed by atoms with Crippen molar-refractivity contribution in [2.75, 3.05) is 6.66 Å². The molecule has 2 unspecified atom stereocenters. The number of allylic oxidation sites excluding steroid dienone is 5. The predicted octanol–water partition coefficient (Wildman–Crippen LogP) is 14.5. The summed E-state index contributed by atoms with van der Waals surface area (Å²) in [7, 11) is -2.08. The Kier molecular flexibility index (Phi) is 12.8. The minimum atomic E-state index is -3.12. The zero-order valence-electron chi connectivity index (χ0n) is 36.4. The Morgan fingerprint density at radius 2 is 1.12 bits per heavy atom. The van der Waals surface area contributed by atoms with Crippen LogP contribution in [0.5, 0.6) is 0 Å². The molecule has 49 heavy (non-hydrogen) atoms. The average molecular weight is 710 g/mol. The monoisotopic (exact) mass is 710 g/mol. The third-order valence-electron chi connectivity index (χ3n) is 9.82. The molecule has 0 fully saturated rings. The SMILES string of the molecule is CC(C)N(P=C(c1c(C(C)(C)C)cc(C(C)(C)C)cc1C(C)(C)C)P(C)(=O)/C=C1/C(C(C)(C)C)=CC(C(C)(C)C)=CC1C(C)(C)C)C(C)C. The summed E-state index contributed by atoms with van der Waals surface area (Å²) in [6, 6.07) is 5.49. The van der Waals surface area contributed by atoms with E-state index >= 15 is 4.57 Å². The molecule has 1 aliphatic carbocycles. The van der Waals surface area contributed by atoms with Crippen molar-refractivity contribution in [1.29, 1.82) is 0 Å². The van der Waals surface area contributed by atoms with Gasteiger partial charge in [-0.3, -0.25) is 4.67 Å². The number of hydrogen-bond acceptors (Lipinski definition) is 2. The minimum Gasteiger partial charge on any atom is -0.314 e. The molecule has 2 nitrogen and oxygen atoms in total. The lowest BCUT2D eigenvalue weighted by Crippen LogP contribution is -2.31. The molecule has 4 heteroatoms. The second-order valence-corrected chi connectivity index (χ2v) is 25.9. The average Bonchev–Trinajstić information content (AvgIpc) is 2.84. The molecule has 1 aromatic carbocycles. The van der Waals surface area contributed by atoms with Gasteiger partial charge in [-0.15, -0.1) is 0 Å². The maximum absolute atomic E-state index is 16.2. The highest BCUT2D eigenvalue weighted by Gasteiger charge is 2.40. The van der Waals surface area contributed by atoms with Crippen LogP contribution in [-0.2, 0) is 20.8 Å². The van der Waals surface area contributed by atoms with Crippen LogP contribution in [0.2, 0.25) is 0 Å². The lowest BCUT2D eigenvalue weighted by Gasteiger charge is -2.42. The second kappa shape index (κ2) is 14.3. The molecule has 0 aliphatic heterocycles. The van der Waals surface area contributed by atoms with Crippen molar-refractivity contribution in [3.8, 4) is 0 Å². The van der Waals surface area contributed by atoms with Crippen molar-refractivity contribution < 1.29 is 4.57 Å².